The summed E-state index contributed by atoms with van der Waals surface area (Å²) in [6.45, 7) is 1.61. The number of hydrogen-bond acceptors (Lipinski definition) is 3. The molecule has 0 radical (unpaired) electrons. The summed E-state index contributed by atoms with van der Waals surface area (Å²) in [5.74, 6) is -0.974. The number of amides is 2. The van der Waals surface area contributed by atoms with E-state index in [0.717, 1.165) is 25.9 Å². The van der Waals surface area contributed by atoms with Gasteiger partial charge in [-0.3, -0.25) is 0 Å². The number of likely N-dealkylation sites (tertiary alicyclic amines) is 1. The van der Waals surface area contributed by atoms with Crippen LogP contribution in [0.25, 0.3) is 0 Å². The second-order valence-electron chi connectivity index (χ2n) is 5.56. The summed E-state index contributed by atoms with van der Waals surface area (Å²) in [6.07, 6.45) is 2.04. The molecule has 2 N–H and O–H groups in total. The van der Waals surface area contributed by atoms with Gasteiger partial charge in [-0.1, -0.05) is 0 Å². The molecule has 0 spiro atoms. The lowest BCUT2D eigenvalue weighted by Gasteiger charge is -2.27. The van der Waals surface area contributed by atoms with E-state index in [9.17, 15) is 9.59 Å². The molecular weight excluding hydrogens is 270 g/mol. The zero-order chi connectivity index (χ0) is 15.4. The maximum Gasteiger partial charge on any atom is 0.335 e. The molecule has 2 amide bonds. The van der Waals surface area contributed by atoms with Crippen LogP contribution in [-0.2, 0) is 0 Å². The first kappa shape index (κ1) is 15.3. The Bertz CT molecular complexity index is 513. The number of carboxylic acids is 1. The number of carbonyl (C=O) groups is 2. The minimum Gasteiger partial charge on any atom is -0.478 e. The molecule has 1 saturated heterocycles. The number of hydrogen-bond donors (Lipinski definition) is 2. The monoisotopic (exact) mass is 291 g/mol. The first-order chi connectivity index (χ1) is 9.97. The molecule has 1 aromatic carbocycles. The zero-order valence-electron chi connectivity index (χ0n) is 12.4. The van der Waals surface area contributed by atoms with E-state index in [0.29, 0.717) is 5.69 Å². The van der Waals surface area contributed by atoms with Gasteiger partial charge in [-0.2, -0.15) is 0 Å². The van der Waals surface area contributed by atoms with Crippen molar-refractivity contribution in [2.24, 2.45) is 0 Å². The summed E-state index contributed by atoms with van der Waals surface area (Å²) < 4.78 is 0. The normalized spacial score (nSPS) is 18.0. The Balaban J connectivity index is 1.98. The van der Waals surface area contributed by atoms with Crippen molar-refractivity contribution < 1.29 is 14.7 Å². The predicted molar refractivity (Wildman–Crippen MR) is 80.7 cm³/mol. The van der Waals surface area contributed by atoms with Crippen molar-refractivity contribution in [2.75, 3.05) is 32.5 Å². The highest BCUT2D eigenvalue weighted by atomic mass is 16.4. The summed E-state index contributed by atoms with van der Waals surface area (Å²) in [5, 5.41) is 11.7. The lowest BCUT2D eigenvalue weighted by Crippen LogP contribution is -2.43. The maximum absolute atomic E-state index is 12.3. The average Bonchev–Trinajstić information content (AvgIpc) is 2.86. The Kier molecular flexibility index (Phi) is 4.80. The van der Waals surface area contributed by atoms with Crippen LogP contribution in [0.15, 0.2) is 24.3 Å². The van der Waals surface area contributed by atoms with Crippen molar-refractivity contribution >= 4 is 17.7 Å². The molecule has 114 valence electrons. The lowest BCUT2D eigenvalue weighted by atomic mass is 10.2. The van der Waals surface area contributed by atoms with Gasteiger partial charge in [0.25, 0.3) is 0 Å². The molecular formula is C15H21N3O3. The third-order valence-corrected chi connectivity index (χ3v) is 3.60. The fourth-order valence-corrected chi connectivity index (χ4v) is 2.61. The Morgan fingerprint density at radius 2 is 2.00 bits per heavy atom. The number of carboxylic acid groups (broad SMARTS) is 1. The molecule has 1 fully saturated rings. The SMILES string of the molecule is CN(C)CC1CCCN1C(=O)Nc1ccc(C(=O)O)cc1. The van der Waals surface area contributed by atoms with Gasteiger partial charge in [0.1, 0.15) is 0 Å². The van der Waals surface area contributed by atoms with Crippen molar-refractivity contribution in [2.45, 2.75) is 18.9 Å². The Hall–Kier alpha value is -2.08. The molecule has 6 heteroatoms. The number of rotatable bonds is 4. The molecule has 1 aromatic rings. The number of carbonyl (C=O) groups excluding carboxylic acids is 1. The summed E-state index contributed by atoms with van der Waals surface area (Å²) in [6, 6.07) is 6.30. The van der Waals surface area contributed by atoms with Gasteiger partial charge in [0.2, 0.25) is 0 Å². The van der Waals surface area contributed by atoms with E-state index >= 15 is 0 Å². The Labute approximate surface area is 124 Å². The highest BCUT2D eigenvalue weighted by Gasteiger charge is 2.28. The zero-order valence-corrected chi connectivity index (χ0v) is 12.4. The van der Waals surface area contributed by atoms with Gasteiger partial charge in [-0.25, -0.2) is 9.59 Å². The topological polar surface area (TPSA) is 72.9 Å². The summed E-state index contributed by atoms with van der Waals surface area (Å²) >= 11 is 0. The van der Waals surface area contributed by atoms with Crippen molar-refractivity contribution in [3.8, 4) is 0 Å². The van der Waals surface area contributed by atoms with Crippen LogP contribution in [-0.4, -0.2) is 60.1 Å². The number of urea groups is 1. The molecule has 2 rings (SSSR count). The van der Waals surface area contributed by atoms with Crippen molar-refractivity contribution in [1.82, 2.24) is 9.80 Å². The second-order valence-corrected chi connectivity index (χ2v) is 5.56. The van der Waals surface area contributed by atoms with Crippen molar-refractivity contribution in [1.29, 1.82) is 0 Å². The van der Waals surface area contributed by atoms with Crippen LogP contribution >= 0.6 is 0 Å². The van der Waals surface area contributed by atoms with Crippen LogP contribution in [0.1, 0.15) is 23.2 Å². The minimum absolute atomic E-state index is 0.123. The third kappa shape index (κ3) is 3.95. The molecule has 21 heavy (non-hydrogen) atoms. The first-order valence-corrected chi connectivity index (χ1v) is 7.03. The number of likely N-dealkylation sites (N-methyl/N-ethyl adjacent to an activating group) is 1. The van der Waals surface area contributed by atoms with Crippen molar-refractivity contribution in [3.05, 3.63) is 29.8 Å². The van der Waals surface area contributed by atoms with E-state index in [1.54, 1.807) is 12.1 Å². The fourth-order valence-electron chi connectivity index (χ4n) is 2.61. The van der Waals surface area contributed by atoms with Gasteiger partial charge in [-0.15, -0.1) is 0 Å². The molecule has 1 aliphatic heterocycles. The number of anilines is 1. The number of nitrogens with zero attached hydrogens (tertiary/aromatic N) is 2. The molecule has 0 aliphatic carbocycles. The van der Waals surface area contributed by atoms with Crippen molar-refractivity contribution in [3.63, 3.8) is 0 Å². The van der Waals surface area contributed by atoms with Crippen LogP contribution in [0.2, 0.25) is 0 Å². The molecule has 0 saturated carbocycles. The molecule has 1 unspecified atom stereocenters. The summed E-state index contributed by atoms with van der Waals surface area (Å²) in [5.41, 5.74) is 0.820. The largest absolute Gasteiger partial charge is 0.478 e. The van der Waals surface area contributed by atoms with Crippen LogP contribution in [0, 0.1) is 0 Å². The quantitative estimate of drug-likeness (QED) is 0.889. The highest BCUT2D eigenvalue weighted by Crippen LogP contribution is 2.19. The van der Waals surface area contributed by atoms with E-state index in [2.05, 4.69) is 10.2 Å². The number of nitrogens with one attached hydrogen (secondary N) is 1. The van der Waals surface area contributed by atoms with Crippen LogP contribution in [0.5, 0.6) is 0 Å². The van der Waals surface area contributed by atoms with E-state index in [-0.39, 0.29) is 17.6 Å². The third-order valence-electron chi connectivity index (χ3n) is 3.60. The molecule has 1 aliphatic rings. The molecule has 0 aromatic heterocycles. The van der Waals surface area contributed by atoms with Gasteiger partial charge >= 0.3 is 12.0 Å². The van der Waals surface area contributed by atoms with E-state index in [1.807, 2.05) is 19.0 Å². The fraction of sp³-hybridized carbons (Fsp3) is 0.467. The molecule has 1 heterocycles. The van der Waals surface area contributed by atoms with Gasteiger partial charge in [-0.05, 0) is 51.2 Å². The molecule has 0 bridgehead atoms. The van der Waals surface area contributed by atoms with Gasteiger partial charge in [0.05, 0.1) is 5.56 Å². The summed E-state index contributed by atoms with van der Waals surface area (Å²) in [4.78, 5) is 27.0. The Morgan fingerprint density at radius 3 is 2.57 bits per heavy atom. The van der Waals surface area contributed by atoms with E-state index in [4.69, 9.17) is 5.11 Å². The smallest absolute Gasteiger partial charge is 0.335 e. The van der Waals surface area contributed by atoms with Crippen LogP contribution in [0.4, 0.5) is 10.5 Å². The lowest BCUT2D eigenvalue weighted by molar-refractivity contribution is 0.0697. The standard InChI is InChI=1S/C15H21N3O3/c1-17(2)10-13-4-3-9-18(13)15(21)16-12-7-5-11(6-8-12)14(19)20/h5-8,13H,3-4,9-10H2,1-2H3,(H,16,21)(H,19,20). The Morgan fingerprint density at radius 1 is 1.33 bits per heavy atom. The van der Waals surface area contributed by atoms with Gasteiger partial charge in [0, 0.05) is 24.8 Å². The second kappa shape index (κ2) is 6.58. The van der Waals surface area contributed by atoms with E-state index in [1.165, 1.54) is 12.1 Å². The van der Waals surface area contributed by atoms with Gasteiger partial charge in [0.15, 0.2) is 0 Å². The predicted octanol–water partition coefficient (Wildman–Crippen LogP) is 1.94. The van der Waals surface area contributed by atoms with Gasteiger partial charge < -0.3 is 20.2 Å². The average molecular weight is 291 g/mol. The van der Waals surface area contributed by atoms with E-state index < -0.39 is 5.97 Å². The molecule has 1 atom stereocenters. The first-order valence-electron chi connectivity index (χ1n) is 7.03. The minimum atomic E-state index is -0.974. The van der Waals surface area contributed by atoms with Crippen LogP contribution in [0.3, 0.4) is 0 Å². The number of aromatic carboxylic acids is 1. The number of benzene rings is 1. The summed E-state index contributed by atoms with van der Waals surface area (Å²) in [7, 11) is 4.00. The van der Waals surface area contributed by atoms with Crippen LogP contribution < -0.4 is 5.32 Å². The molecule has 6 nitrogen and oxygen atoms in total. The highest BCUT2D eigenvalue weighted by molar-refractivity contribution is 5.91. The maximum atomic E-state index is 12.3.